The molecular weight excluding hydrogens is 354 g/mol. The summed E-state index contributed by atoms with van der Waals surface area (Å²) in [5.41, 5.74) is 2.77. The van der Waals surface area contributed by atoms with Crippen LogP contribution < -0.4 is 10.2 Å². The van der Waals surface area contributed by atoms with Gasteiger partial charge in [-0.25, -0.2) is 4.98 Å². The molecule has 1 heterocycles. The number of carbonyl (C=O) groups excluding carboxylic acids is 1. The van der Waals surface area contributed by atoms with Gasteiger partial charge in [0.15, 0.2) is 0 Å². The predicted octanol–water partition coefficient (Wildman–Crippen LogP) is 4.49. The first-order valence-electron chi connectivity index (χ1n) is 9.19. The molecule has 27 heavy (non-hydrogen) atoms. The molecule has 0 spiro atoms. The maximum atomic E-state index is 12.8. The molecule has 1 saturated carbocycles. The molecule has 0 unspecified atom stereocenters. The summed E-state index contributed by atoms with van der Waals surface area (Å²) >= 11 is 1.74. The van der Waals surface area contributed by atoms with Crippen molar-refractivity contribution < 1.29 is 4.79 Å². The molecule has 138 valence electrons. The number of amides is 1. The van der Waals surface area contributed by atoms with E-state index in [0.717, 1.165) is 36.1 Å². The lowest BCUT2D eigenvalue weighted by Crippen LogP contribution is -2.26. The van der Waals surface area contributed by atoms with Crippen LogP contribution in [0.15, 0.2) is 59.5 Å². The van der Waals surface area contributed by atoms with Gasteiger partial charge in [-0.15, -0.1) is 11.8 Å². The molecule has 0 bridgehead atoms. The van der Waals surface area contributed by atoms with E-state index in [1.807, 2.05) is 37.4 Å². The van der Waals surface area contributed by atoms with E-state index in [0.29, 0.717) is 11.6 Å². The normalized spacial score (nSPS) is 13.6. The summed E-state index contributed by atoms with van der Waals surface area (Å²) in [5.74, 6) is 0.804. The van der Waals surface area contributed by atoms with Crippen molar-refractivity contribution in [1.29, 1.82) is 0 Å². The van der Waals surface area contributed by atoms with Crippen molar-refractivity contribution in [3.63, 3.8) is 0 Å². The number of benzene rings is 2. The Kier molecular flexibility index (Phi) is 5.03. The number of aromatic nitrogens is 1. The Morgan fingerprint density at radius 3 is 2.63 bits per heavy atom. The average Bonchev–Trinajstić information content (AvgIpc) is 3.51. The second-order valence-corrected chi connectivity index (χ2v) is 7.88. The standard InChI is InChI=1S/C22H23N3OS/c1-25(14-15-7-11-17(27-2)12-8-15)21-13-19(22(26)23-16-9-10-16)18-5-3-4-6-20(18)24-21/h3-8,11-13,16H,9-10,14H2,1-2H3,(H,23,26). The number of nitrogens with one attached hydrogen (secondary N) is 1. The molecule has 5 heteroatoms. The number of para-hydroxylation sites is 1. The minimum absolute atomic E-state index is 0.00456. The molecule has 4 nitrogen and oxygen atoms in total. The Hall–Kier alpha value is -2.53. The molecule has 0 radical (unpaired) electrons. The van der Waals surface area contributed by atoms with Crippen LogP contribution in [0, 0.1) is 0 Å². The highest BCUT2D eigenvalue weighted by molar-refractivity contribution is 7.98. The minimum Gasteiger partial charge on any atom is -0.355 e. The van der Waals surface area contributed by atoms with Crippen molar-refractivity contribution >= 4 is 34.4 Å². The van der Waals surface area contributed by atoms with Crippen molar-refractivity contribution in [3.05, 3.63) is 65.7 Å². The molecule has 1 aromatic heterocycles. The van der Waals surface area contributed by atoms with Gasteiger partial charge in [0, 0.05) is 29.9 Å². The van der Waals surface area contributed by atoms with Crippen molar-refractivity contribution in [1.82, 2.24) is 10.3 Å². The van der Waals surface area contributed by atoms with E-state index in [2.05, 4.69) is 40.7 Å². The van der Waals surface area contributed by atoms with E-state index < -0.39 is 0 Å². The maximum Gasteiger partial charge on any atom is 0.252 e. The largest absolute Gasteiger partial charge is 0.355 e. The molecule has 0 aliphatic heterocycles. The number of hydrogen-bond acceptors (Lipinski definition) is 4. The van der Waals surface area contributed by atoms with Crippen LogP contribution in [0.3, 0.4) is 0 Å². The van der Waals surface area contributed by atoms with E-state index in [9.17, 15) is 4.79 Å². The lowest BCUT2D eigenvalue weighted by molar-refractivity contribution is 0.0952. The van der Waals surface area contributed by atoms with Crippen LogP contribution >= 0.6 is 11.8 Å². The van der Waals surface area contributed by atoms with Gasteiger partial charge in [0.25, 0.3) is 5.91 Å². The first kappa shape index (κ1) is 17.9. The summed E-state index contributed by atoms with van der Waals surface area (Å²) in [4.78, 5) is 20.9. The summed E-state index contributed by atoms with van der Waals surface area (Å²) in [6.07, 6.45) is 4.23. The Morgan fingerprint density at radius 2 is 1.93 bits per heavy atom. The Balaban J connectivity index is 1.64. The topological polar surface area (TPSA) is 45.2 Å². The fraction of sp³-hybridized carbons (Fsp3) is 0.273. The zero-order valence-corrected chi connectivity index (χ0v) is 16.4. The monoisotopic (exact) mass is 377 g/mol. The molecule has 1 aliphatic carbocycles. The SMILES string of the molecule is CSc1ccc(CN(C)c2cc(C(=O)NC3CC3)c3ccccc3n2)cc1. The number of rotatable bonds is 6. The van der Waals surface area contributed by atoms with Crippen LogP contribution in [-0.2, 0) is 6.54 Å². The third-order valence-electron chi connectivity index (χ3n) is 4.83. The van der Waals surface area contributed by atoms with Gasteiger partial charge >= 0.3 is 0 Å². The Bertz CT molecular complexity index is 967. The van der Waals surface area contributed by atoms with Gasteiger partial charge in [0.2, 0.25) is 0 Å². The van der Waals surface area contributed by atoms with Gasteiger partial charge in [-0.3, -0.25) is 4.79 Å². The summed E-state index contributed by atoms with van der Waals surface area (Å²) in [7, 11) is 2.02. The van der Waals surface area contributed by atoms with Crippen LogP contribution in [0.5, 0.6) is 0 Å². The van der Waals surface area contributed by atoms with Crippen LogP contribution in [0.2, 0.25) is 0 Å². The zero-order chi connectivity index (χ0) is 18.8. The maximum absolute atomic E-state index is 12.8. The number of fused-ring (bicyclic) bond motifs is 1. The van der Waals surface area contributed by atoms with E-state index >= 15 is 0 Å². The molecule has 1 fully saturated rings. The van der Waals surface area contributed by atoms with Crippen LogP contribution in [0.25, 0.3) is 10.9 Å². The molecule has 1 aliphatic rings. The van der Waals surface area contributed by atoms with E-state index in [1.165, 1.54) is 10.5 Å². The fourth-order valence-corrected chi connectivity index (χ4v) is 3.53. The summed E-state index contributed by atoms with van der Waals surface area (Å²) in [5, 5.41) is 4.00. The lowest BCUT2D eigenvalue weighted by atomic mass is 10.1. The van der Waals surface area contributed by atoms with E-state index in [-0.39, 0.29) is 5.91 Å². The van der Waals surface area contributed by atoms with Crippen molar-refractivity contribution in [2.75, 3.05) is 18.2 Å². The number of carbonyl (C=O) groups is 1. The van der Waals surface area contributed by atoms with Crippen molar-refractivity contribution in [2.24, 2.45) is 0 Å². The van der Waals surface area contributed by atoms with Gasteiger partial charge in [0.05, 0.1) is 11.1 Å². The average molecular weight is 378 g/mol. The van der Waals surface area contributed by atoms with Crippen molar-refractivity contribution in [2.45, 2.75) is 30.3 Å². The second kappa shape index (κ2) is 7.61. The van der Waals surface area contributed by atoms with Gasteiger partial charge in [-0.2, -0.15) is 0 Å². The Morgan fingerprint density at radius 1 is 1.19 bits per heavy atom. The zero-order valence-electron chi connectivity index (χ0n) is 15.6. The lowest BCUT2D eigenvalue weighted by Gasteiger charge is -2.20. The number of anilines is 1. The fourth-order valence-electron chi connectivity index (χ4n) is 3.12. The first-order chi connectivity index (χ1) is 13.1. The number of hydrogen-bond donors (Lipinski definition) is 1. The molecule has 3 aromatic rings. The molecule has 0 saturated heterocycles. The summed E-state index contributed by atoms with van der Waals surface area (Å²) < 4.78 is 0. The van der Waals surface area contributed by atoms with Crippen LogP contribution in [0.4, 0.5) is 5.82 Å². The number of nitrogens with zero attached hydrogens (tertiary/aromatic N) is 2. The van der Waals surface area contributed by atoms with Crippen molar-refractivity contribution in [3.8, 4) is 0 Å². The van der Waals surface area contributed by atoms with Gasteiger partial charge in [-0.05, 0) is 48.9 Å². The van der Waals surface area contributed by atoms with E-state index in [4.69, 9.17) is 4.98 Å². The molecule has 1 amide bonds. The highest BCUT2D eigenvalue weighted by Crippen LogP contribution is 2.26. The van der Waals surface area contributed by atoms with Crippen LogP contribution in [-0.4, -0.2) is 30.2 Å². The van der Waals surface area contributed by atoms with Gasteiger partial charge < -0.3 is 10.2 Å². The minimum atomic E-state index is -0.00456. The summed E-state index contributed by atoms with van der Waals surface area (Å²) in [6.45, 7) is 0.740. The molecule has 0 atom stereocenters. The van der Waals surface area contributed by atoms with Gasteiger partial charge in [0.1, 0.15) is 5.82 Å². The molecule has 2 aromatic carbocycles. The quantitative estimate of drug-likeness (QED) is 0.643. The van der Waals surface area contributed by atoms with Gasteiger partial charge in [-0.1, -0.05) is 30.3 Å². The smallest absolute Gasteiger partial charge is 0.252 e. The highest BCUT2D eigenvalue weighted by atomic mass is 32.2. The number of pyridine rings is 1. The first-order valence-corrected chi connectivity index (χ1v) is 10.4. The molecule has 4 rings (SSSR count). The third kappa shape index (κ3) is 4.08. The molecular formula is C22H23N3OS. The number of thioether (sulfide) groups is 1. The highest BCUT2D eigenvalue weighted by Gasteiger charge is 2.25. The van der Waals surface area contributed by atoms with Crippen LogP contribution in [0.1, 0.15) is 28.8 Å². The van der Waals surface area contributed by atoms with E-state index in [1.54, 1.807) is 11.8 Å². The Labute approximate surface area is 164 Å². The second-order valence-electron chi connectivity index (χ2n) is 7.00. The summed E-state index contributed by atoms with van der Waals surface area (Å²) in [6, 6.07) is 18.7. The third-order valence-corrected chi connectivity index (χ3v) is 5.57. The predicted molar refractivity (Wildman–Crippen MR) is 113 cm³/mol. The molecule has 1 N–H and O–H groups in total.